The van der Waals surface area contributed by atoms with E-state index in [0.717, 1.165) is 30.6 Å². The number of carbonyl (C=O) groups excluding carboxylic acids is 1. The lowest BCUT2D eigenvalue weighted by molar-refractivity contribution is -0.129. The monoisotopic (exact) mass is 353 g/mol. The quantitative estimate of drug-likeness (QED) is 0.410. The van der Waals surface area contributed by atoms with Crippen LogP contribution in [0, 0.1) is 5.82 Å². The zero-order chi connectivity index (χ0) is 18.4. The second-order valence-corrected chi connectivity index (χ2v) is 5.94. The van der Waals surface area contributed by atoms with E-state index in [2.05, 4.69) is 11.9 Å². The molecule has 0 atom stereocenters. The minimum Gasteiger partial charge on any atom is -0.494 e. The summed E-state index contributed by atoms with van der Waals surface area (Å²) in [6, 6.07) is 13.4. The minimum absolute atomic E-state index is 0.0183. The Morgan fingerprint density at radius 1 is 1.12 bits per heavy atom. The Morgan fingerprint density at radius 2 is 1.88 bits per heavy atom. The van der Waals surface area contributed by atoms with Crippen LogP contribution in [0.1, 0.15) is 37.3 Å². The van der Waals surface area contributed by atoms with E-state index in [-0.39, 0.29) is 17.2 Å². The molecule has 1 heterocycles. The fourth-order valence-corrected chi connectivity index (χ4v) is 2.52. The Balaban J connectivity index is 1.71. The van der Waals surface area contributed by atoms with Crippen molar-refractivity contribution in [2.45, 2.75) is 26.2 Å². The third-order valence-electron chi connectivity index (χ3n) is 3.92. The van der Waals surface area contributed by atoms with Gasteiger partial charge in [-0.15, -0.1) is 0 Å². The Kier molecular flexibility index (Phi) is 5.79. The summed E-state index contributed by atoms with van der Waals surface area (Å²) in [5.74, 6) is -0.309. The summed E-state index contributed by atoms with van der Waals surface area (Å²) in [7, 11) is 0. The number of esters is 1. The molecule has 0 bridgehead atoms. The minimum atomic E-state index is -0.594. The van der Waals surface area contributed by atoms with Gasteiger partial charge in [0.05, 0.1) is 12.2 Å². The molecule has 0 unspecified atom stereocenters. The summed E-state index contributed by atoms with van der Waals surface area (Å²) in [4.78, 5) is 16.1. The van der Waals surface area contributed by atoms with Gasteiger partial charge >= 0.3 is 5.97 Å². The third kappa shape index (κ3) is 4.36. The van der Waals surface area contributed by atoms with Crippen LogP contribution in [0.15, 0.2) is 59.2 Å². The molecule has 0 fully saturated rings. The van der Waals surface area contributed by atoms with Crippen LogP contribution in [0.4, 0.5) is 4.39 Å². The van der Waals surface area contributed by atoms with Crippen LogP contribution in [0.3, 0.4) is 0 Å². The lowest BCUT2D eigenvalue weighted by Crippen LogP contribution is -2.07. The van der Waals surface area contributed by atoms with E-state index in [0.29, 0.717) is 6.61 Å². The van der Waals surface area contributed by atoms with Crippen molar-refractivity contribution < 1.29 is 18.7 Å². The van der Waals surface area contributed by atoms with Gasteiger partial charge in [-0.3, -0.25) is 0 Å². The molecule has 1 aliphatic heterocycles. The maximum absolute atomic E-state index is 13.8. The zero-order valence-electron chi connectivity index (χ0n) is 14.6. The maximum atomic E-state index is 13.8. The van der Waals surface area contributed by atoms with E-state index in [4.69, 9.17) is 9.47 Å². The Labute approximate surface area is 152 Å². The van der Waals surface area contributed by atoms with E-state index < -0.39 is 11.8 Å². The van der Waals surface area contributed by atoms with E-state index in [1.165, 1.54) is 12.1 Å². The number of benzene rings is 2. The van der Waals surface area contributed by atoms with Gasteiger partial charge in [-0.25, -0.2) is 14.2 Å². The molecule has 1 aliphatic rings. The highest BCUT2D eigenvalue weighted by Crippen LogP contribution is 2.21. The molecule has 2 aromatic rings. The first-order chi connectivity index (χ1) is 12.7. The molecule has 5 heteroatoms. The van der Waals surface area contributed by atoms with Crippen LogP contribution in [0.2, 0.25) is 0 Å². The smallest absolute Gasteiger partial charge is 0.363 e. The summed E-state index contributed by atoms with van der Waals surface area (Å²) in [5, 5.41) is 0. The van der Waals surface area contributed by atoms with Crippen LogP contribution >= 0.6 is 0 Å². The zero-order valence-corrected chi connectivity index (χ0v) is 14.6. The number of nitrogens with zero attached hydrogens (tertiary/aromatic N) is 1. The van der Waals surface area contributed by atoms with Crippen LogP contribution in [0.5, 0.6) is 5.75 Å². The molecule has 26 heavy (non-hydrogen) atoms. The number of unbranched alkanes of at least 4 members (excludes halogenated alkanes) is 2. The molecule has 0 aliphatic carbocycles. The number of halogens is 1. The largest absolute Gasteiger partial charge is 0.494 e. The van der Waals surface area contributed by atoms with Crippen LogP contribution < -0.4 is 4.74 Å². The molecule has 2 aromatic carbocycles. The van der Waals surface area contributed by atoms with Crippen LogP contribution in [0.25, 0.3) is 6.08 Å². The first-order valence-corrected chi connectivity index (χ1v) is 8.67. The molecular weight excluding hydrogens is 333 g/mol. The number of hydrogen-bond acceptors (Lipinski definition) is 4. The highest BCUT2D eigenvalue weighted by Gasteiger charge is 2.25. The van der Waals surface area contributed by atoms with E-state index >= 15 is 0 Å². The van der Waals surface area contributed by atoms with E-state index in [1.807, 2.05) is 24.3 Å². The van der Waals surface area contributed by atoms with Crippen LogP contribution in [-0.2, 0) is 9.53 Å². The molecule has 3 rings (SSSR count). The summed E-state index contributed by atoms with van der Waals surface area (Å²) >= 11 is 0. The van der Waals surface area contributed by atoms with Crippen molar-refractivity contribution in [3.63, 3.8) is 0 Å². The fraction of sp³-hybridized carbons (Fsp3) is 0.238. The SMILES string of the molecule is CCCCCOc1ccc(/C=C2/N=C(c3ccccc3F)OC2=O)cc1. The molecule has 4 nitrogen and oxygen atoms in total. The molecule has 0 N–H and O–H groups in total. The average molecular weight is 353 g/mol. The molecule has 0 aromatic heterocycles. The maximum Gasteiger partial charge on any atom is 0.363 e. The van der Waals surface area contributed by atoms with Crippen molar-refractivity contribution in [3.8, 4) is 5.75 Å². The Bertz CT molecular complexity index is 841. The van der Waals surface area contributed by atoms with Gasteiger partial charge in [0.1, 0.15) is 11.6 Å². The molecule has 0 saturated heterocycles. The van der Waals surface area contributed by atoms with Gasteiger partial charge in [0.25, 0.3) is 0 Å². The lowest BCUT2D eigenvalue weighted by atomic mass is 10.2. The number of rotatable bonds is 7. The molecular formula is C21H20FNO3. The Morgan fingerprint density at radius 3 is 2.62 bits per heavy atom. The van der Waals surface area contributed by atoms with Gasteiger partial charge in [-0.05, 0) is 42.3 Å². The highest BCUT2D eigenvalue weighted by atomic mass is 19.1. The number of aliphatic imine (C=N–C) groups is 1. The van der Waals surface area contributed by atoms with Gasteiger partial charge < -0.3 is 9.47 Å². The average Bonchev–Trinajstić information content (AvgIpc) is 3.01. The molecule has 0 spiro atoms. The predicted octanol–water partition coefficient (Wildman–Crippen LogP) is 4.74. The second kappa shape index (κ2) is 8.43. The molecule has 0 radical (unpaired) electrons. The lowest BCUT2D eigenvalue weighted by Gasteiger charge is -2.05. The molecule has 134 valence electrons. The molecule has 0 amide bonds. The topological polar surface area (TPSA) is 47.9 Å². The summed E-state index contributed by atoms with van der Waals surface area (Å²) in [6.07, 6.45) is 4.94. The van der Waals surface area contributed by atoms with E-state index in [1.54, 1.807) is 18.2 Å². The van der Waals surface area contributed by atoms with E-state index in [9.17, 15) is 9.18 Å². The summed E-state index contributed by atoms with van der Waals surface area (Å²) in [6.45, 7) is 2.84. The van der Waals surface area contributed by atoms with Crippen molar-refractivity contribution in [1.29, 1.82) is 0 Å². The number of hydrogen-bond donors (Lipinski definition) is 0. The van der Waals surface area contributed by atoms with Gasteiger partial charge in [0, 0.05) is 0 Å². The van der Waals surface area contributed by atoms with Crippen molar-refractivity contribution in [3.05, 3.63) is 71.2 Å². The third-order valence-corrected chi connectivity index (χ3v) is 3.92. The summed E-state index contributed by atoms with van der Waals surface area (Å²) < 4.78 is 24.6. The Hall–Kier alpha value is -2.95. The summed E-state index contributed by atoms with van der Waals surface area (Å²) in [5.41, 5.74) is 1.09. The normalized spacial score (nSPS) is 15.1. The van der Waals surface area contributed by atoms with Gasteiger partial charge in [-0.1, -0.05) is 44.0 Å². The standard InChI is InChI=1S/C21H20FNO3/c1-2-3-6-13-25-16-11-9-15(10-12-16)14-19-21(24)26-20(23-19)17-7-4-5-8-18(17)22/h4-5,7-12,14H,2-3,6,13H2,1H3/b19-14+. The molecule has 0 saturated carbocycles. The number of ether oxygens (including phenoxy) is 2. The van der Waals surface area contributed by atoms with Gasteiger partial charge in [0.15, 0.2) is 5.70 Å². The van der Waals surface area contributed by atoms with Crippen molar-refractivity contribution in [1.82, 2.24) is 0 Å². The number of cyclic esters (lactones) is 1. The van der Waals surface area contributed by atoms with Gasteiger partial charge in [-0.2, -0.15) is 0 Å². The first-order valence-electron chi connectivity index (χ1n) is 8.67. The fourth-order valence-electron chi connectivity index (χ4n) is 2.52. The van der Waals surface area contributed by atoms with Crippen molar-refractivity contribution in [2.24, 2.45) is 4.99 Å². The predicted molar refractivity (Wildman–Crippen MR) is 98.5 cm³/mol. The first kappa shape index (κ1) is 17.9. The second-order valence-electron chi connectivity index (χ2n) is 5.94. The van der Waals surface area contributed by atoms with Crippen molar-refractivity contribution >= 4 is 17.9 Å². The van der Waals surface area contributed by atoms with Crippen molar-refractivity contribution in [2.75, 3.05) is 6.61 Å². The highest BCUT2D eigenvalue weighted by molar-refractivity contribution is 6.12. The number of carbonyl (C=O) groups is 1. The van der Waals surface area contributed by atoms with Gasteiger partial charge in [0.2, 0.25) is 5.90 Å². The van der Waals surface area contributed by atoms with Crippen LogP contribution in [-0.4, -0.2) is 18.5 Å².